The van der Waals surface area contributed by atoms with Crippen LogP contribution in [0.15, 0.2) is 83.8 Å². The van der Waals surface area contributed by atoms with Crippen molar-refractivity contribution in [3.05, 3.63) is 89.4 Å². The number of rotatable bonds is 6. The third-order valence-electron chi connectivity index (χ3n) is 6.40. The van der Waals surface area contributed by atoms with E-state index < -0.39 is 29.1 Å². The standard InChI is InChI=1S/C28H25ClN4O4S/c29-18-11-13-21-22(15-18)38-26(17-7-3-1-4-8-17)25(32-27(36)20-12-14-23(34)31-20)28(37)33(21)16-24(35)30-19-9-5-2-6-10-19/h1-11,13,15,20,25-26H,12,14,16H2,(H,30,35)(H,31,34)(H,32,36)/t20-,25-,26+/m0/s1. The third kappa shape index (κ3) is 5.69. The maximum atomic E-state index is 14.2. The van der Waals surface area contributed by atoms with E-state index >= 15 is 0 Å². The zero-order valence-electron chi connectivity index (χ0n) is 20.2. The fourth-order valence-electron chi connectivity index (χ4n) is 4.56. The minimum absolute atomic E-state index is 0.201. The Morgan fingerprint density at radius 2 is 1.71 bits per heavy atom. The van der Waals surface area contributed by atoms with Gasteiger partial charge in [0.15, 0.2) is 0 Å². The first kappa shape index (κ1) is 25.8. The number of amides is 4. The Bertz CT molecular complexity index is 1370. The second-order valence-electron chi connectivity index (χ2n) is 9.04. The SMILES string of the molecule is O=C(CN1C(=O)[C@@H](NC(=O)[C@@H]2CCC(=O)N2)[C@@H](c2ccccc2)Sc2cc(Cl)ccc21)Nc1ccccc1. The van der Waals surface area contributed by atoms with Crippen LogP contribution in [-0.2, 0) is 19.2 Å². The fourth-order valence-corrected chi connectivity index (χ4v) is 6.18. The summed E-state index contributed by atoms with van der Waals surface area (Å²) in [6.45, 7) is -0.267. The Morgan fingerprint density at radius 3 is 2.39 bits per heavy atom. The molecule has 2 aliphatic heterocycles. The average Bonchev–Trinajstić information content (AvgIpc) is 3.32. The molecule has 38 heavy (non-hydrogen) atoms. The van der Waals surface area contributed by atoms with Gasteiger partial charge in [-0.15, -0.1) is 11.8 Å². The fraction of sp³-hybridized carbons (Fsp3) is 0.214. The lowest BCUT2D eigenvalue weighted by Crippen LogP contribution is -2.55. The largest absolute Gasteiger partial charge is 0.344 e. The Morgan fingerprint density at radius 1 is 1.00 bits per heavy atom. The van der Waals surface area contributed by atoms with Crippen LogP contribution in [0.1, 0.15) is 23.7 Å². The van der Waals surface area contributed by atoms with Crippen LogP contribution in [0.5, 0.6) is 0 Å². The minimum Gasteiger partial charge on any atom is -0.344 e. The van der Waals surface area contributed by atoms with Gasteiger partial charge in [-0.3, -0.25) is 19.2 Å². The van der Waals surface area contributed by atoms with Crippen LogP contribution >= 0.6 is 23.4 Å². The molecule has 10 heteroatoms. The van der Waals surface area contributed by atoms with Crippen LogP contribution in [0.25, 0.3) is 0 Å². The number of carbonyl (C=O) groups is 4. The normalized spacial score (nSPS) is 20.8. The molecule has 194 valence electrons. The number of nitrogens with one attached hydrogen (secondary N) is 3. The second-order valence-corrected chi connectivity index (χ2v) is 10.7. The summed E-state index contributed by atoms with van der Waals surface area (Å²) in [4.78, 5) is 54.3. The topological polar surface area (TPSA) is 108 Å². The van der Waals surface area contributed by atoms with Gasteiger partial charge in [0.05, 0.1) is 10.9 Å². The number of nitrogens with zero attached hydrogens (tertiary/aromatic N) is 1. The molecular formula is C28H25ClN4O4S. The summed E-state index contributed by atoms with van der Waals surface area (Å²) in [7, 11) is 0. The highest BCUT2D eigenvalue weighted by Gasteiger charge is 2.41. The van der Waals surface area contributed by atoms with Gasteiger partial charge in [-0.1, -0.05) is 60.1 Å². The molecule has 0 bridgehead atoms. The van der Waals surface area contributed by atoms with Gasteiger partial charge in [-0.25, -0.2) is 0 Å². The summed E-state index contributed by atoms with van der Waals surface area (Å²) < 4.78 is 0. The highest BCUT2D eigenvalue weighted by atomic mass is 35.5. The summed E-state index contributed by atoms with van der Waals surface area (Å²) in [5.41, 5.74) is 1.96. The number of carbonyl (C=O) groups excluding carboxylic acids is 4. The van der Waals surface area contributed by atoms with Crippen LogP contribution in [0.3, 0.4) is 0 Å². The zero-order chi connectivity index (χ0) is 26.6. The Hall–Kier alpha value is -3.82. The van der Waals surface area contributed by atoms with E-state index in [0.29, 0.717) is 27.7 Å². The molecule has 3 atom stereocenters. The molecule has 2 aliphatic rings. The van der Waals surface area contributed by atoms with Crippen molar-refractivity contribution in [2.75, 3.05) is 16.8 Å². The van der Waals surface area contributed by atoms with Gasteiger partial charge >= 0.3 is 0 Å². The second kappa shape index (κ2) is 11.3. The lowest BCUT2D eigenvalue weighted by atomic mass is 10.0. The van der Waals surface area contributed by atoms with Crippen LogP contribution in [0, 0.1) is 0 Å². The molecule has 2 heterocycles. The molecule has 3 aromatic carbocycles. The maximum absolute atomic E-state index is 14.2. The van der Waals surface area contributed by atoms with Crippen LogP contribution in [0.2, 0.25) is 5.02 Å². The number of thioether (sulfide) groups is 1. The van der Waals surface area contributed by atoms with E-state index in [-0.39, 0.29) is 24.8 Å². The number of anilines is 2. The smallest absolute Gasteiger partial charge is 0.251 e. The average molecular weight is 549 g/mol. The molecule has 0 unspecified atom stereocenters. The molecule has 3 N–H and O–H groups in total. The van der Waals surface area contributed by atoms with Gasteiger partial charge in [-0.05, 0) is 42.3 Å². The van der Waals surface area contributed by atoms with Crippen molar-refractivity contribution < 1.29 is 19.2 Å². The first-order chi connectivity index (χ1) is 18.4. The van der Waals surface area contributed by atoms with Crippen LogP contribution in [-0.4, -0.2) is 42.3 Å². The lowest BCUT2D eigenvalue weighted by molar-refractivity contribution is -0.129. The number of fused-ring (bicyclic) bond motifs is 1. The number of para-hydroxylation sites is 1. The molecular weight excluding hydrogens is 524 g/mol. The molecule has 0 spiro atoms. The monoisotopic (exact) mass is 548 g/mol. The van der Waals surface area contributed by atoms with Crippen molar-refractivity contribution in [1.29, 1.82) is 0 Å². The Balaban J connectivity index is 1.51. The van der Waals surface area contributed by atoms with Crippen LogP contribution < -0.4 is 20.9 Å². The van der Waals surface area contributed by atoms with Crippen LogP contribution in [0.4, 0.5) is 11.4 Å². The summed E-state index contributed by atoms with van der Waals surface area (Å²) in [5, 5.41) is 8.35. The van der Waals surface area contributed by atoms with Crippen molar-refractivity contribution in [2.45, 2.75) is 35.1 Å². The third-order valence-corrected chi connectivity index (χ3v) is 8.01. The molecule has 0 radical (unpaired) electrons. The van der Waals surface area contributed by atoms with E-state index in [2.05, 4.69) is 16.0 Å². The van der Waals surface area contributed by atoms with Gasteiger partial charge in [0, 0.05) is 22.0 Å². The van der Waals surface area contributed by atoms with Crippen molar-refractivity contribution in [1.82, 2.24) is 10.6 Å². The molecule has 0 aromatic heterocycles. The number of benzene rings is 3. The number of hydrogen-bond acceptors (Lipinski definition) is 5. The lowest BCUT2D eigenvalue weighted by Gasteiger charge is -2.29. The number of hydrogen-bond donors (Lipinski definition) is 3. The van der Waals surface area contributed by atoms with Gasteiger partial charge < -0.3 is 20.9 Å². The highest BCUT2D eigenvalue weighted by Crippen LogP contribution is 2.46. The van der Waals surface area contributed by atoms with E-state index in [0.717, 1.165) is 5.56 Å². The first-order valence-corrected chi connectivity index (χ1v) is 13.4. The minimum atomic E-state index is -1.01. The molecule has 1 fully saturated rings. The van der Waals surface area contributed by atoms with Crippen molar-refractivity contribution in [2.24, 2.45) is 0 Å². The molecule has 0 aliphatic carbocycles. The summed E-state index contributed by atoms with van der Waals surface area (Å²) >= 11 is 7.73. The molecule has 0 saturated carbocycles. The van der Waals surface area contributed by atoms with Crippen molar-refractivity contribution >= 4 is 58.4 Å². The molecule has 5 rings (SSSR count). The van der Waals surface area contributed by atoms with Gasteiger partial charge in [0.1, 0.15) is 18.6 Å². The number of halogens is 1. The quantitative estimate of drug-likeness (QED) is 0.433. The van der Waals surface area contributed by atoms with E-state index in [1.54, 1.807) is 42.5 Å². The molecule has 3 aromatic rings. The van der Waals surface area contributed by atoms with E-state index in [9.17, 15) is 19.2 Å². The first-order valence-electron chi connectivity index (χ1n) is 12.2. The Labute approximate surface area is 229 Å². The summed E-state index contributed by atoms with van der Waals surface area (Å²) in [6, 6.07) is 21.8. The maximum Gasteiger partial charge on any atom is 0.251 e. The molecule has 1 saturated heterocycles. The van der Waals surface area contributed by atoms with E-state index in [1.807, 2.05) is 36.4 Å². The van der Waals surface area contributed by atoms with Gasteiger partial charge in [0.2, 0.25) is 17.7 Å². The summed E-state index contributed by atoms with van der Waals surface area (Å²) in [6.07, 6.45) is 0.608. The van der Waals surface area contributed by atoms with Crippen molar-refractivity contribution in [3.8, 4) is 0 Å². The molecule has 8 nitrogen and oxygen atoms in total. The highest BCUT2D eigenvalue weighted by molar-refractivity contribution is 7.99. The van der Waals surface area contributed by atoms with E-state index in [1.165, 1.54) is 16.7 Å². The van der Waals surface area contributed by atoms with Gasteiger partial charge in [-0.2, -0.15) is 0 Å². The van der Waals surface area contributed by atoms with E-state index in [4.69, 9.17) is 11.6 Å². The van der Waals surface area contributed by atoms with Crippen molar-refractivity contribution in [3.63, 3.8) is 0 Å². The predicted octanol–water partition coefficient (Wildman–Crippen LogP) is 3.92. The van der Waals surface area contributed by atoms with Gasteiger partial charge in [0.25, 0.3) is 5.91 Å². The molecule has 4 amide bonds. The predicted molar refractivity (Wildman–Crippen MR) is 147 cm³/mol. The summed E-state index contributed by atoms with van der Waals surface area (Å²) in [5.74, 6) is -1.46. The Kier molecular flexibility index (Phi) is 7.67. The zero-order valence-corrected chi connectivity index (χ0v) is 21.8.